The zero-order chi connectivity index (χ0) is 22.8. The number of furan rings is 2. The van der Waals surface area contributed by atoms with Crippen molar-refractivity contribution in [3.8, 4) is 11.4 Å². The highest BCUT2D eigenvalue weighted by atomic mass is 32.1. The molecule has 0 bridgehead atoms. The van der Waals surface area contributed by atoms with E-state index in [9.17, 15) is 29.8 Å². The zero-order valence-corrected chi connectivity index (χ0v) is 17.0. The minimum Gasteiger partial charge on any atom is -0.395 e. The lowest BCUT2D eigenvalue weighted by Crippen LogP contribution is -2.10. The number of nitrogens with zero attached hydrogens (tertiary/aromatic N) is 4. The van der Waals surface area contributed by atoms with Crippen molar-refractivity contribution in [2.75, 3.05) is 10.6 Å². The lowest BCUT2D eigenvalue weighted by atomic mass is 10.4. The van der Waals surface area contributed by atoms with Crippen molar-refractivity contribution >= 4 is 56.5 Å². The van der Waals surface area contributed by atoms with E-state index >= 15 is 0 Å². The van der Waals surface area contributed by atoms with Gasteiger partial charge in [-0.1, -0.05) is 0 Å². The van der Waals surface area contributed by atoms with Gasteiger partial charge in [0.25, 0.3) is 11.8 Å². The van der Waals surface area contributed by atoms with Crippen LogP contribution in [-0.4, -0.2) is 31.6 Å². The van der Waals surface area contributed by atoms with Gasteiger partial charge in [0.15, 0.2) is 21.8 Å². The third-order valence-corrected chi connectivity index (χ3v) is 5.22. The maximum absolute atomic E-state index is 12.1. The van der Waals surface area contributed by atoms with E-state index in [0.717, 1.165) is 34.8 Å². The normalized spacial score (nSPS) is 10.6. The highest BCUT2D eigenvalue weighted by Crippen LogP contribution is 2.29. The molecule has 0 saturated heterocycles. The summed E-state index contributed by atoms with van der Waals surface area (Å²) in [6.45, 7) is 0. The Balaban J connectivity index is 1.41. The second-order valence-electron chi connectivity index (χ2n) is 5.77. The number of aromatic nitrogens is 2. The van der Waals surface area contributed by atoms with Crippen LogP contribution in [0.15, 0.2) is 43.9 Å². The monoisotopic (exact) mass is 476 g/mol. The van der Waals surface area contributed by atoms with Crippen molar-refractivity contribution in [1.82, 2.24) is 9.97 Å². The molecule has 0 unspecified atom stereocenters. The van der Waals surface area contributed by atoms with Crippen LogP contribution in [0.1, 0.15) is 21.1 Å². The van der Waals surface area contributed by atoms with Gasteiger partial charge in [-0.15, -0.1) is 22.7 Å². The Kier molecular flexibility index (Phi) is 5.44. The number of carbonyl (C=O) groups excluding carboxylic acids is 2. The average Bonchev–Trinajstić information content (AvgIpc) is 3.53. The smallest absolute Gasteiger partial charge is 0.395 e. The first-order valence-electron chi connectivity index (χ1n) is 8.33. The molecule has 32 heavy (non-hydrogen) atoms. The molecule has 0 spiro atoms. The van der Waals surface area contributed by atoms with Crippen molar-refractivity contribution in [2.24, 2.45) is 0 Å². The number of hydrogen-bond acceptors (Lipinski definition) is 12. The van der Waals surface area contributed by atoms with E-state index in [4.69, 9.17) is 8.83 Å². The lowest BCUT2D eigenvalue weighted by molar-refractivity contribution is -0.402. The first-order chi connectivity index (χ1) is 15.3. The molecule has 0 aliphatic carbocycles. The first kappa shape index (κ1) is 20.8. The van der Waals surface area contributed by atoms with Crippen LogP contribution in [0, 0.1) is 20.2 Å². The third kappa shape index (κ3) is 4.35. The van der Waals surface area contributed by atoms with Crippen molar-refractivity contribution in [3.05, 3.63) is 66.8 Å². The van der Waals surface area contributed by atoms with E-state index in [1.165, 1.54) is 12.1 Å². The van der Waals surface area contributed by atoms with Crippen LogP contribution in [0.3, 0.4) is 0 Å². The molecule has 16 heteroatoms. The Morgan fingerprint density at radius 3 is 1.53 bits per heavy atom. The summed E-state index contributed by atoms with van der Waals surface area (Å²) in [6.07, 6.45) is 0. The maximum atomic E-state index is 12.1. The quantitative estimate of drug-likeness (QED) is 0.292. The van der Waals surface area contributed by atoms with Crippen LogP contribution in [-0.2, 0) is 0 Å². The fraction of sp³-hybridized carbons (Fsp3) is 0. The third-order valence-electron chi connectivity index (χ3n) is 3.70. The average molecular weight is 476 g/mol. The molecular weight excluding hydrogens is 468 g/mol. The highest BCUT2D eigenvalue weighted by Gasteiger charge is 2.20. The minimum atomic E-state index is -0.760. The Hall–Kier alpha value is -4.44. The molecule has 0 atom stereocenters. The van der Waals surface area contributed by atoms with E-state index in [0.29, 0.717) is 11.4 Å². The molecule has 4 aromatic heterocycles. The first-order valence-corrected chi connectivity index (χ1v) is 10.1. The number of amides is 2. The van der Waals surface area contributed by atoms with E-state index < -0.39 is 33.4 Å². The van der Waals surface area contributed by atoms with Gasteiger partial charge in [0, 0.05) is 10.8 Å². The molecule has 0 aliphatic rings. The molecule has 162 valence electrons. The van der Waals surface area contributed by atoms with Crippen LogP contribution >= 0.6 is 22.7 Å². The van der Waals surface area contributed by atoms with Gasteiger partial charge in [-0.25, -0.2) is 9.97 Å². The van der Waals surface area contributed by atoms with E-state index in [-0.39, 0.29) is 21.8 Å². The molecule has 0 fully saturated rings. The standard InChI is InChI=1S/C16H8N6O8S2/c23-13(9-1-3-11(29-9)21(25)26)19-15-17-7(5-31-15)8-6-32-16(18-8)20-14(24)10-2-4-12(30-10)22(27)28/h1-6H,(H,17,19,23)(H,18,20,24). The summed E-state index contributed by atoms with van der Waals surface area (Å²) in [5.74, 6) is -3.03. The van der Waals surface area contributed by atoms with Gasteiger partial charge in [-0.3, -0.25) is 40.5 Å². The summed E-state index contributed by atoms with van der Waals surface area (Å²) in [5.41, 5.74) is 0.808. The summed E-state index contributed by atoms with van der Waals surface area (Å²) in [6, 6.07) is 4.47. The van der Waals surface area contributed by atoms with Crippen LogP contribution in [0.25, 0.3) is 11.4 Å². The molecule has 2 amide bonds. The summed E-state index contributed by atoms with van der Waals surface area (Å²) in [7, 11) is 0. The second-order valence-corrected chi connectivity index (χ2v) is 7.49. The highest BCUT2D eigenvalue weighted by molar-refractivity contribution is 7.15. The van der Waals surface area contributed by atoms with Crippen molar-refractivity contribution in [2.45, 2.75) is 0 Å². The Bertz CT molecular complexity index is 1250. The van der Waals surface area contributed by atoms with Gasteiger partial charge in [-0.2, -0.15) is 0 Å². The van der Waals surface area contributed by atoms with Crippen molar-refractivity contribution in [1.29, 1.82) is 0 Å². The second kappa shape index (κ2) is 8.36. The van der Waals surface area contributed by atoms with Crippen LogP contribution in [0.5, 0.6) is 0 Å². The van der Waals surface area contributed by atoms with Gasteiger partial charge in [0.05, 0.1) is 12.1 Å². The molecule has 0 radical (unpaired) electrons. The summed E-state index contributed by atoms with van der Waals surface area (Å²) >= 11 is 2.17. The molecule has 0 aliphatic heterocycles. The van der Waals surface area contributed by atoms with Gasteiger partial charge in [-0.05, 0) is 12.1 Å². The van der Waals surface area contributed by atoms with Crippen molar-refractivity contribution in [3.63, 3.8) is 0 Å². The largest absolute Gasteiger partial charge is 0.433 e. The van der Waals surface area contributed by atoms with Gasteiger partial charge < -0.3 is 8.83 Å². The number of anilines is 2. The molecule has 0 saturated carbocycles. The van der Waals surface area contributed by atoms with E-state index in [2.05, 4.69) is 20.6 Å². The van der Waals surface area contributed by atoms with E-state index in [1.54, 1.807) is 10.8 Å². The predicted molar refractivity (Wildman–Crippen MR) is 110 cm³/mol. The molecule has 4 aromatic rings. The maximum Gasteiger partial charge on any atom is 0.433 e. The molecule has 4 rings (SSSR count). The molecule has 4 heterocycles. The van der Waals surface area contributed by atoms with Crippen LogP contribution in [0.4, 0.5) is 22.0 Å². The van der Waals surface area contributed by atoms with Crippen molar-refractivity contribution < 1.29 is 28.3 Å². The molecule has 14 nitrogen and oxygen atoms in total. The Morgan fingerprint density at radius 1 is 0.781 bits per heavy atom. The van der Waals surface area contributed by atoms with Gasteiger partial charge >= 0.3 is 11.8 Å². The Labute approximate surface area is 183 Å². The topological polar surface area (TPSA) is 197 Å². The SMILES string of the molecule is O=C(Nc1nc(-c2csc(NC(=O)c3ccc([N+](=O)[O-])o3)n2)cs1)c1ccc([N+](=O)[O-])o1. The summed E-state index contributed by atoms with van der Waals surface area (Å²) in [4.78, 5) is 52.4. The van der Waals surface area contributed by atoms with E-state index in [1.807, 2.05) is 0 Å². The summed E-state index contributed by atoms with van der Waals surface area (Å²) < 4.78 is 9.66. The van der Waals surface area contributed by atoms with Gasteiger partial charge in [0.2, 0.25) is 0 Å². The lowest BCUT2D eigenvalue weighted by Gasteiger charge is -1.97. The molecule has 0 aromatic carbocycles. The molecular formula is C16H8N6O8S2. The number of carbonyl (C=O) groups is 2. The summed E-state index contributed by atoms with van der Waals surface area (Å²) in [5, 5.41) is 29.8. The Morgan fingerprint density at radius 2 is 1.19 bits per heavy atom. The van der Waals surface area contributed by atoms with Crippen LogP contribution < -0.4 is 10.6 Å². The number of nitro groups is 2. The minimum absolute atomic E-state index is 0.200. The predicted octanol–water partition coefficient (Wildman–Crippen LogP) is 3.77. The number of hydrogen-bond donors (Lipinski definition) is 2. The fourth-order valence-corrected chi connectivity index (χ4v) is 3.71. The van der Waals surface area contributed by atoms with Gasteiger partial charge in [0.1, 0.15) is 21.2 Å². The molecule has 2 N–H and O–H groups in total. The fourth-order valence-electron chi connectivity index (χ4n) is 2.31. The number of nitrogens with one attached hydrogen (secondary N) is 2. The zero-order valence-electron chi connectivity index (χ0n) is 15.3. The number of rotatable bonds is 7. The number of thiazole rings is 2. The van der Waals surface area contributed by atoms with Crippen LogP contribution in [0.2, 0.25) is 0 Å².